The third-order valence-corrected chi connectivity index (χ3v) is 4.11. The first-order chi connectivity index (χ1) is 7.24. The van der Waals surface area contributed by atoms with E-state index in [9.17, 15) is 0 Å². The maximum absolute atomic E-state index is 6.00. The maximum Gasteiger partial charge on any atom is 0.205 e. The molecule has 82 valence electrons. The van der Waals surface area contributed by atoms with Crippen molar-refractivity contribution in [3.8, 4) is 0 Å². The van der Waals surface area contributed by atoms with Crippen LogP contribution in [0.2, 0.25) is 0 Å². The average molecular weight is 224 g/mol. The van der Waals surface area contributed by atoms with Crippen LogP contribution in [0.25, 0.3) is 0 Å². The van der Waals surface area contributed by atoms with Gasteiger partial charge in [0, 0.05) is 36.6 Å². The summed E-state index contributed by atoms with van der Waals surface area (Å²) in [5.74, 6) is 2.28. The lowest BCUT2D eigenvalue weighted by molar-refractivity contribution is 0.566. The summed E-state index contributed by atoms with van der Waals surface area (Å²) in [7, 11) is 0. The first-order valence-corrected chi connectivity index (χ1v) is 6.35. The van der Waals surface area contributed by atoms with Crippen LogP contribution in [0.15, 0.2) is 0 Å². The Morgan fingerprint density at radius 2 is 2.20 bits per heavy atom. The summed E-state index contributed by atoms with van der Waals surface area (Å²) in [6.45, 7) is 4.16. The molecule has 1 aliphatic carbocycles. The van der Waals surface area contributed by atoms with Crippen molar-refractivity contribution in [2.75, 3.05) is 18.0 Å². The van der Waals surface area contributed by atoms with E-state index < -0.39 is 0 Å². The molecule has 1 aromatic heterocycles. The van der Waals surface area contributed by atoms with E-state index in [0.717, 1.165) is 24.0 Å². The van der Waals surface area contributed by atoms with Gasteiger partial charge >= 0.3 is 0 Å². The topological polar surface area (TPSA) is 55.0 Å². The van der Waals surface area contributed by atoms with Crippen LogP contribution in [0.3, 0.4) is 0 Å². The molecule has 15 heavy (non-hydrogen) atoms. The van der Waals surface area contributed by atoms with Crippen LogP contribution in [0, 0.1) is 5.92 Å². The van der Waals surface area contributed by atoms with Gasteiger partial charge in [-0.2, -0.15) is 4.37 Å². The zero-order chi connectivity index (χ0) is 10.4. The van der Waals surface area contributed by atoms with E-state index in [1.807, 2.05) is 0 Å². The highest BCUT2D eigenvalue weighted by molar-refractivity contribution is 7.09. The van der Waals surface area contributed by atoms with Crippen LogP contribution in [-0.4, -0.2) is 28.5 Å². The maximum atomic E-state index is 6.00. The zero-order valence-corrected chi connectivity index (χ0v) is 9.70. The molecular formula is C10H16N4S. The molecule has 0 aromatic carbocycles. The van der Waals surface area contributed by atoms with Crippen molar-refractivity contribution in [3.05, 3.63) is 5.82 Å². The van der Waals surface area contributed by atoms with Crippen molar-refractivity contribution in [1.82, 2.24) is 9.36 Å². The second-order valence-electron chi connectivity index (χ2n) is 4.76. The van der Waals surface area contributed by atoms with Crippen LogP contribution < -0.4 is 10.6 Å². The van der Waals surface area contributed by atoms with Crippen LogP contribution in [0.5, 0.6) is 0 Å². The van der Waals surface area contributed by atoms with Crippen molar-refractivity contribution in [2.24, 2.45) is 11.7 Å². The van der Waals surface area contributed by atoms with Crippen molar-refractivity contribution in [3.63, 3.8) is 0 Å². The molecule has 4 nitrogen and oxygen atoms in total. The van der Waals surface area contributed by atoms with E-state index in [1.165, 1.54) is 24.4 Å². The molecule has 2 atom stereocenters. The summed E-state index contributed by atoms with van der Waals surface area (Å²) in [5, 5.41) is 1.07. The number of hydrogen-bond donors (Lipinski definition) is 1. The molecule has 0 spiro atoms. The van der Waals surface area contributed by atoms with Gasteiger partial charge in [0.15, 0.2) is 0 Å². The van der Waals surface area contributed by atoms with Crippen molar-refractivity contribution in [2.45, 2.75) is 31.7 Å². The van der Waals surface area contributed by atoms with E-state index in [0.29, 0.717) is 17.9 Å². The predicted molar refractivity (Wildman–Crippen MR) is 61.2 cm³/mol. The molecule has 0 bridgehead atoms. The minimum atomic E-state index is 0.290. The number of anilines is 1. The molecular weight excluding hydrogens is 208 g/mol. The second kappa shape index (κ2) is 3.42. The van der Waals surface area contributed by atoms with E-state index in [2.05, 4.69) is 21.2 Å². The Kier molecular flexibility index (Phi) is 2.17. The Balaban J connectivity index is 1.75. The summed E-state index contributed by atoms with van der Waals surface area (Å²) in [5.41, 5.74) is 6.00. The summed E-state index contributed by atoms with van der Waals surface area (Å²) in [4.78, 5) is 6.88. The SMILES string of the molecule is CC1CN(c2nc(C3CC3)ns2)CC1N. The average Bonchev–Trinajstić information content (AvgIpc) is 2.85. The second-order valence-corrected chi connectivity index (χ2v) is 5.49. The van der Waals surface area contributed by atoms with Crippen molar-refractivity contribution < 1.29 is 0 Å². The fourth-order valence-corrected chi connectivity index (χ4v) is 2.77. The summed E-state index contributed by atoms with van der Waals surface area (Å²) in [6, 6.07) is 0.290. The monoisotopic (exact) mass is 224 g/mol. The van der Waals surface area contributed by atoms with Crippen molar-refractivity contribution in [1.29, 1.82) is 0 Å². The van der Waals surface area contributed by atoms with Gasteiger partial charge in [-0.05, 0) is 18.8 Å². The zero-order valence-electron chi connectivity index (χ0n) is 8.89. The van der Waals surface area contributed by atoms with Gasteiger partial charge in [0.05, 0.1) is 0 Å². The summed E-state index contributed by atoms with van der Waals surface area (Å²) >= 11 is 1.53. The van der Waals surface area contributed by atoms with Gasteiger partial charge in [-0.1, -0.05) is 6.92 Å². The summed E-state index contributed by atoms with van der Waals surface area (Å²) in [6.07, 6.45) is 2.54. The molecule has 2 aliphatic rings. The molecule has 0 radical (unpaired) electrons. The lowest BCUT2D eigenvalue weighted by atomic mass is 10.1. The standard InChI is InChI=1S/C10H16N4S/c1-6-4-14(5-8(6)11)10-12-9(13-15-10)7-2-3-7/h6-8H,2-5,11H2,1H3. The molecule has 1 saturated heterocycles. The van der Waals surface area contributed by atoms with Gasteiger partial charge in [-0.3, -0.25) is 0 Å². The first-order valence-electron chi connectivity index (χ1n) is 5.58. The van der Waals surface area contributed by atoms with Gasteiger partial charge in [0.1, 0.15) is 5.82 Å². The largest absolute Gasteiger partial charge is 0.345 e. The third kappa shape index (κ3) is 1.74. The molecule has 1 aromatic rings. The van der Waals surface area contributed by atoms with E-state index in [1.54, 1.807) is 0 Å². The number of aromatic nitrogens is 2. The Hall–Kier alpha value is -0.680. The number of hydrogen-bond acceptors (Lipinski definition) is 5. The van der Waals surface area contributed by atoms with E-state index in [-0.39, 0.29) is 0 Å². The van der Waals surface area contributed by atoms with Crippen LogP contribution in [0.1, 0.15) is 31.5 Å². The minimum absolute atomic E-state index is 0.290. The Morgan fingerprint density at radius 3 is 2.80 bits per heavy atom. The Labute approximate surface area is 93.7 Å². The molecule has 2 N–H and O–H groups in total. The van der Waals surface area contributed by atoms with E-state index in [4.69, 9.17) is 5.73 Å². The summed E-state index contributed by atoms with van der Waals surface area (Å²) < 4.78 is 4.42. The lowest BCUT2D eigenvalue weighted by Gasteiger charge is -2.12. The lowest BCUT2D eigenvalue weighted by Crippen LogP contribution is -2.28. The first kappa shape index (κ1) is 9.54. The molecule has 0 amide bonds. The molecule has 3 rings (SSSR count). The Morgan fingerprint density at radius 1 is 1.40 bits per heavy atom. The third-order valence-electron chi connectivity index (χ3n) is 3.31. The highest BCUT2D eigenvalue weighted by Crippen LogP contribution is 2.40. The van der Waals surface area contributed by atoms with Crippen LogP contribution in [0.4, 0.5) is 5.13 Å². The minimum Gasteiger partial charge on any atom is -0.345 e. The van der Waals surface area contributed by atoms with Gasteiger partial charge in [-0.15, -0.1) is 0 Å². The fraction of sp³-hybridized carbons (Fsp3) is 0.800. The molecule has 2 heterocycles. The highest BCUT2D eigenvalue weighted by Gasteiger charge is 2.31. The molecule has 2 fully saturated rings. The van der Waals surface area contributed by atoms with E-state index >= 15 is 0 Å². The number of rotatable bonds is 2. The predicted octanol–water partition coefficient (Wildman–Crippen LogP) is 1.20. The highest BCUT2D eigenvalue weighted by atomic mass is 32.1. The van der Waals surface area contributed by atoms with Crippen LogP contribution in [-0.2, 0) is 0 Å². The van der Waals surface area contributed by atoms with Gasteiger partial charge in [0.25, 0.3) is 0 Å². The number of nitrogens with two attached hydrogens (primary N) is 1. The van der Waals surface area contributed by atoms with Crippen LogP contribution >= 0.6 is 11.5 Å². The molecule has 5 heteroatoms. The Bertz CT molecular complexity index is 350. The quantitative estimate of drug-likeness (QED) is 0.820. The van der Waals surface area contributed by atoms with Gasteiger partial charge in [0.2, 0.25) is 5.13 Å². The van der Waals surface area contributed by atoms with Gasteiger partial charge < -0.3 is 10.6 Å². The van der Waals surface area contributed by atoms with Crippen molar-refractivity contribution >= 4 is 16.7 Å². The smallest absolute Gasteiger partial charge is 0.205 e. The molecule has 2 unspecified atom stereocenters. The normalized spacial score (nSPS) is 31.2. The fourth-order valence-electron chi connectivity index (χ4n) is 2.01. The number of nitrogens with zero attached hydrogens (tertiary/aromatic N) is 3. The molecule has 1 saturated carbocycles. The van der Waals surface area contributed by atoms with Gasteiger partial charge in [-0.25, -0.2) is 4.98 Å². The molecule has 1 aliphatic heterocycles.